The van der Waals surface area contributed by atoms with Crippen LogP contribution in [0.15, 0.2) is 24.3 Å². The lowest BCUT2D eigenvalue weighted by Crippen LogP contribution is -2.45. The topological polar surface area (TPSA) is 92.9 Å². The van der Waals surface area contributed by atoms with Crippen LogP contribution >= 0.6 is 0 Å². The predicted molar refractivity (Wildman–Crippen MR) is 71.8 cm³/mol. The quantitative estimate of drug-likeness (QED) is 0.788. The van der Waals surface area contributed by atoms with Gasteiger partial charge < -0.3 is 20.5 Å². The first-order valence-corrected chi connectivity index (χ1v) is 6.47. The van der Waals surface area contributed by atoms with Crippen LogP contribution in [0.2, 0.25) is 0 Å². The van der Waals surface area contributed by atoms with Gasteiger partial charge in [-0.15, -0.1) is 0 Å². The number of benzene rings is 1. The van der Waals surface area contributed by atoms with Crippen LogP contribution in [0, 0.1) is 0 Å². The zero-order valence-electron chi connectivity index (χ0n) is 11.3. The highest BCUT2D eigenvalue weighted by atomic mass is 16.5. The van der Waals surface area contributed by atoms with Crippen molar-refractivity contribution in [3.63, 3.8) is 0 Å². The Hall–Kier alpha value is -2.08. The van der Waals surface area contributed by atoms with Crippen molar-refractivity contribution in [2.24, 2.45) is 5.73 Å². The maximum Gasteiger partial charge on any atom is 0.328 e. The van der Waals surface area contributed by atoms with Gasteiger partial charge in [0.25, 0.3) is 0 Å². The van der Waals surface area contributed by atoms with Crippen LogP contribution in [0.5, 0.6) is 5.75 Å². The zero-order valence-corrected chi connectivity index (χ0v) is 11.3. The fraction of sp³-hybridized carbons (Fsp3) is 0.429. The van der Waals surface area contributed by atoms with E-state index in [-0.39, 0.29) is 24.2 Å². The molecule has 1 amide bonds. The number of ether oxygens (including phenoxy) is 1. The number of hydrogen-bond acceptors (Lipinski definition) is 5. The summed E-state index contributed by atoms with van der Waals surface area (Å²) in [6.45, 7) is -0.183. The predicted octanol–water partition coefficient (Wildman–Crippen LogP) is 0.556. The molecule has 0 radical (unpaired) electrons. The first-order chi connectivity index (χ1) is 9.60. The number of nitrogens with two attached hydrogens (primary N) is 1. The van der Waals surface area contributed by atoms with Crippen LogP contribution < -0.4 is 5.73 Å². The summed E-state index contributed by atoms with van der Waals surface area (Å²) in [6.07, 6.45) is 1.08. The summed E-state index contributed by atoms with van der Waals surface area (Å²) in [7, 11) is 1.29. The summed E-state index contributed by atoms with van der Waals surface area (Å²) in [5.74, 6) is -0.672. The number of carbonyl (C=O) groups is 2. The summed E-state index contributed by atoms with van der Waals surface area (Å²) in [5.41, 5.74) is 6.05. The van der Waals surface area contributed by atoms with Gasteiger partial charge in [-0.2, -0.15) is 0 Å². The molecule has 108 valence electrons. The summed E-state index contributed by atoms with van der Waals surface area (Å²) >= 11 is 0. The number of phenolic OH excluding ortho intramolecular Hbond substituents is 1. The second kappa shape index (κ2) is 5.92. The van der Waals surface area contributed by atoms with Crippen LogP contribution in [0.25, 0.3) is 0 Å². The molecule has 1 fully saturated rings. The molecule has 0 saturated carbocycles. The van der Waals surface area contributed by atoms with Gasteiger partial charge in [-0.3, -0.25) is 4.79 Å². The van der Waals surface area contributed by atoms with Gasteiger partial charge in [-0.1, -0.05) is 18.2 Å². The average molecular weight is 278 g/mol. The Morgan fingerprint density at radius 2 is 2.10 bits per heavy atom. The second-order valence-electron chi connectivity index (χ2n) is 4.70. The Balaban J connectivity index is 2.36. The standard InChI is InChI=1S/C14H18N2O4/c1-20-14(19)11-7-6-10(16(11)13(18)8-15)9-4-2-3-5-12(9)17/h2-5,10-11,17H,6-8,15H2,1H3/t10?,11-/m0/s1. The summed E-state index contributed by atoms with van der Waals surface area (Å²) in [4.78, 5) is 25.3. The third-order valence-corrected chi connectivity index (χ3v) is 3.62. The number of rotatable bonds is 3. The van der Waals surface area contributed by atoms with Crippen molar-refractivity contribution in [3.05, 3.63) is 29.8 Å². The monoisotopic (exact) mass is 278 g/mol. The maximum atomic E-state index is 12.1. The van der Waals surface area contributed by atoms with E-state index < -0.39 is 12.0 Å². The first-order valence-electron chi connectivity index (χ1n) is 6.47. The third-order valence-electron chi connectivity index (χ3n) is 3.62. The normalized spacial score (nSPS) is 21.8. The lowest BCUT2D eigenvalue weighted by Gasteiger charge is -2.29. The van der Waals surface area contributed by atoms with Crippen LogP contribution in [0.1, 0.15) is 24.4 Å². The van der Waals surface area contributed by atoms with Crippen LogP contribution in [-0.2, 0) is 14.3 Å². The van der Waals surface area contributed by atoms with E-state index >= 15 is 0 Å². The highest BCUT2D eigenvalue weighted by Crippen LogP contribution is 2.39. The Morgan fingerprint density at radius 3 is 2.70 bits per heavy atom. The number of likely N-dealkylation sites (tertiary alicyclic amines) is 1. The molecule has 2 atom stereocenters. The molecular formula is C14H18N2O4. The second-order valence-corrected chi connectivity index (χ2v) is 4.70. The van der Waals surface area contributed by atoms with Crippen molar-refractivity contribution in [2.45, 2.75) is 24.9 Å². The van der Waals surface area contributed by atoms with E-state index in [1.807, 2.05) is 0 Å². The molecule has 1 heterocycles. The van der Waals surface area contributed by atoms with Gasteiger partial charge in [0.1, 0.15) is 11.8 Å². The minimum Gasteiger partial charge on any atom is -0.508 e. The van der Waals surface area contributed by atoms with Gasteiger partial charge in [-0.25, -0.2) is 4.79 Å². The van der Waals surface area contributed by atoms with E-state index in [1.165, 1.54) is 12.0 Å². The Labute approximate surface area is 117 Å². The summed E-state index contributed by atoms with van der Waals surface area (Å²) < 4.78 is 4.74. The highest BCUT2D eigenvalue weighted by molar-refractivity contribution is 5.86. The van der Waals surface area contributed by atoms with Gasteiger partial charge in [0, 0.05) is 5.56 Å². The average Bonchev–Trinajstić information content (AvgIpc) is 2.90. The Bertz CT molecular complexity index is 518. The van der Waals surface area contributed by atoms with Crippen molar-refractivity contribution >= 4 is 11.9 Å². The molecule has 0 spiro atoms. The number of nitrogens with zero attached hydrogens (tertiary/aromatic N) is 1. The fourth-order valence-corrected chi connectivity index (χ4v) is 2.71. The molecule has 6 heteroatoms. The van der Waals surface area contributed by atoms with Gasteiger partial charge in [0.05, 0.1) is 19.7 Å². The maximum absolute atomic E-state index is 12.1. The number of carbonyl (C=O) groups excluding carboxylic acids is 2. The van der Waals surface area contributed by atoms with Crippen molar-refractivity contribution in [1.82, 2.24) is 4.90 Å². The first kappa shape index (κ1) is 14.3. The van der Waals surface area contributed by atoms with Crippen molar-refractivity contribution in [3.8, 4) is 5.75 Å². The lowest BCUT2D eigenvalue weighted by molar-refractivity contribution is -0.151. The smallest absolute Gasteiger partial charge is 0.328 e. The minimum absolute atomic E-state index is 0.109. The third kappa shape index (κ3) is 2.46. The van der Waals surface area contributed by atoms with E-state index in [9.17, 15) is 14.7 Å². The van der Waals surface area contributed by atoms with Gasteiger partial charge >= 0.3 is 5.97 Å². The molecule has 2 rings (SSSR count). The Kier molecular flexibility index (Phi) is 4.24. The number of amides is 1. The summed E-state index contributed by atoms with van der Waals surface area (Å²) in [5, 5.41) is 9.94. The van der Waals surface area contributed by atoms with E-state index in [2.05, 4.69) is 0 Å². The number of esters is 1. The molecule has 1 aliphatic heterocycles. The molecule has 0 aliphatic carbocycles. The molecule has 1 saturated heterocycles. The number of aromatic hydroxyl groups is 1. The largest absolute Gasteiger partial charge is 0.508 e. The molecular weight excluding hydrogens is 260 g/mol. The molecule has 20 heavy (non-hydrogen) atoms. The van der Waals surface area contributed by atoms with Crippen molar-refractivity contribution < 1.29 is 19.4 Å². The molecule has 1 aliphatic rings. The van der Waals surface area contributed by atoms with E-state index in [0.717, 1.165) is 0 Å². The van der Waals surface area contributed by atoms with Gasteiger partial charge in [0.2, 0.25) is 5.91 Å². The molecule has 0 bridgehead atoms. The number of phenols is 1. The number of hydrogen-bond donors (Lipinski definition) is 2. The van der Waals surface area contributed by atoms with Crippen molar-refractivity contribution in [1.29, 1.82) is 0 Å². The van der Waals surface area contributed by atoms with Gasteiger partial charge in [-0.05, 0) is 18.9 Å². The van der Waals surface area contributed by atoms with E-state index in [1.54, 1.807) is 24.3 Å². The zero-order chi connectivity index (χ0) is 14.7. The van der Waals surface area contributed by atoms with Gasteiger partial charge in [0.15, 0.2) is 0 Å². The van der Waals surface area contributed by atoms with Crippen LogP contribution in [0.3, 0.4) is 0 Å². The van der Waals surface area contributed by atoms with E-state index in [0.29, 0.717) is 18.4 Å². The molecule has 1 unspecified atom stereocenters. The van der Waals surface area contributed by atoms with Crippen LogP contribution in [-0.4, -0.2) is 41.6 Å². The SMILES string of the molecule is COC(=O)[C@@H]1CCC(c2ccccc2O)N1C(=O)CN. The molecule has 1 aromatic rings. The molecule has 3 N–H and O–H groups in total. The Morgan fingerprint density at radius 1 is 1.40 bits per heavy atom. The summed E-state index contributed by atoms with van der Waals surface area (Å²) in [6, 6.07) is 5.81. The van der Waals surface area contributed by atoms with Crippen molar-refractivity contribution in [2.75, 3.05) is 13.7 Å². The fourth-order valence-electron chi connectivity index (χ4n) is 2.71. The number of para-hydroxylation sites is 1. The number of methoxy groups -OCH3 is 1. The van der Waals surface area contributed by atoms with Crippen LogP contribution in [0.4, 0.5) is 0 Å². The lowest BCUT2D eigenvalue weighted by atomic mass is 10.0. The van der Waals surface area contributed by atoms with E-state index in [4.69, 9.17) is 10.5 Å². The molecule has 0 aromatic heterocycles. The highest BCUT2D eigenvalue weighted by Gasteiger charge is 2.42. The molecule has 6 nitrogen and oxygen atoms in total. The minimum atomic E-state index is -0.638. The molecule has 1 aromatic carbocycles.